The van der Waals surface area contributed by atoms with Crippen molar-refractivity contribution in [2.24, 2.45) is 5.92 Å². The van der Waals surface area contributed by atoms with Crippen molar-refractivity contribution in [1.82, 2.24) is 20.0 Å². The third kappa shape index (κ3) is 7.98. The maximum absolute atomic E-state index is 15.6. The first-order valence-electron chi connectivity index (χ1n) is 21.2. The number of halogens is 2. The molecule has 6 aliphatic heterocycles. The predicted octanol–water partition coefficient (Wildman–Crippen LogP) is 6.87. The zero-order valence-electron chi connectivity index (χ0n) is 33.5. The van der Waals surface area contributed by atoms with Crippen LogP contribution in [0.1, 0.15) is 75.9 Å². The maximum Gasteiger partial charge on any atom is 0.262 e. The average molecular weight is 830 g/mol. The number of rotatable bonds is 13. The molecule has 5 saturated heterocycles. The van der Waals surface area contributed by atoms with Crippen LogP contribution < -0.4 is 15.0 Å². The molecule has 0 radical (unpaired) electrons. The fourth-order valence-corrected chi connectivity index (χ4v) is 10.1. The first kappa shape index (κ1) is 40.1. The summed E-state index contributed by atoms with van der Waals surface area (Å²) in [5.41, 5.74) is 6.27. The van der Waals surface area contributed by atoms with Gasteiger partial charge in [-0.05, 0) is 103 Å². The van der Waals surface area contributed by atoms with Crippen molar-refractivity contribution < 1.29 is 28.3 Å². The van der Waals surface area contributed by atoms with Gasteiger partial charge in [-0.3, -0.25) is 39.2 Å². The molecule has 310 valence electrons. The second-order valence-electron chi connectivity index (χ2n) is 16.6. The molecular weight excluding hydrogens is 781 g/mol. The fraction of sp³-hybridized carbons (Fsp3) is 0.375. The Bertz CT molecular complexity index is 2290. The van der Waals surface area contributed by atoms with Gasteiger partial charge in [-0.25, -0.2) is 4.39 Å². The van der Waals surface area contributed by atoms with Crippen LogP contribution in [0, 0.1) is 11.7 Å². The largest absolute Gasteiger partial charge is 0.492 e. The van der Waals surface area contributed by atoms with E-state index in [0.717, 1.165) is 92.8 Å². The summed E-state index contributed by atoms with van der Waals surface area (Å²) in [4.78, 5) is 58.7. The average Bonchev–Trinajstić information content (AvgIpc) is 3.49. The molecule has 6 heterocycles. The number of alkyl halides is 1. The molecule has 12 heteroatoms. The van der Waals surface area contributed by atoms with Crippen LogP contribution in [0.3, 0.4) is 0 Å². The number of imide groups is 2. The van der Waals surface area contributed by atoms with E-state index in [2.05, 4.69) is 92.8 Å². The Balaban J connectivity index is 0.753. The van der Waals surface area contributed by atoms with Gasteiger partial charge in [-0.1, -0.05) is 72.8 Å². The van der Waals surface area contributed by atoms with E-state index in [1.54, 1.807) is 0 Å². The van der Waals surface area contributed by atoms with E-state index >= 15 is 4.39 Å². The number of ether oxygens (including phenoxy) is 1. The lowest BCUT2D eigenvalue weighted by Crippen LogP contribution is -2.69. The number of carbonyl (C=O) groups excluding carboxylic acids is 4. The molecule has 4 aromatic carbocycles. The second kappa shape index (κ2) is 17.3. The maximum atomic E-state index is 15.6. The molecule has 0 saturated carbocycles. The fourth-order valence-electron chi connectivity index (χ4n) is 9.95. The number of likely N-dealkylation sites (tertiary alicyclic amines) is 1. The summed E-state index contributed by atoms with van der Waals surface area (Å²) in [6.07, 6.45) is 4.03. The van der Waals surface area contributed by atoms with Crippen LogP contribution in [-0.4, -0.2) is 108 Å². The third-order valence-corrected chi connectivity index (χ3v) is 13.1. The minimum Gasteiger partial charge on any atom is -0.492 e. The lowest BCUT2D eigenvalue weighted by atomic mass is 9.85. The number of piperidine rings is 3. The molecule has 6 aliphatic rings. The molecule has 1 N–H and O–H groups in total. The molecule has 0 aromatic heterocycles. The van der Waals surface area contributed by atoms with Crippen molar-refractivity contribution in [3.05, 3.63) is 131 Å². The lowest BCUT2D eigenvalue weighted by Gasteiger charge is -2.58. The van der Waals surface area contributed by atoms with Gasteiger partial charge in [-0.2, -0.15) is 0 Å². The van der Waals surface area contributed by atoms with Gasteiger partial charge in [-0.15, -0.1) is 11.6 Å². The van der Waals surface area contributed by atoms with E-state index in [4.69, 9.17) is 16.3 Å². The highest BCUT2D eigenvalue weighted by Crippen LogP contribution is 2.42. The van der Waals surface area contributed by atoms with Crippen molar-refractivity contribution >= 4 is 52.1 Å². The number of hydrogen-bond donors (Lipinski definition) is 1. The molecule has 0 spiro atoms. The number of hydrogen-bond acceptors (Lipinski definition) is 8. The summed E-state index contributed by atoms with van der Waals surface area (Å²) in [7, 11) is 0. The first-order valence-corrected chi connectivity index (χ1v) is 21.7. The third-order valence-electron chi connectivity index (χ3n) is 12.9. The summed E-state index contributed by atoms with van der Waals surface area (Å²) in [6, 6.07) is 31.2. The van der Waals surface area contributed by atoms with E-state index in [-0.39, 0.29) is 36.1 Å². The van der Waals surface area contributed by atoms with Gasteiger partial charge in [0.2, 0.25) is 11.8 Å². The van der Waals surface area contributed by atoms with Crippen molar-refractivity contribution in [1.29, 1.82) is 0 Å². The van der Waals surface area contributed by atoms with Gasteiger partial charge in [0.15, 0.2) is 0 Å². The molecule has 10 rings (SSSR count). The number of amides is 4. The summed E-state index contributed by atoms with van der Waals surface area (Å²) in [5, 5.41) is 2.20. The SMILES string of the molecule is O=C1CCC(N2C(=O)c3cc(F)c(N4C5CC4CN(CC4CCN(CCOc6ccc(C(=C(CCCl)c7ccccc7)c7ccccc7)cc6)CC4)C5)cc3C2=O)C(=O)N1. The van der Waals surface area contributed by atoms with Crippen LogP contribution in [0.2, 0.25) is 0 Å². The van der Waals surface area contributed by atoms with E-state index in [0.29, 0.717) is 24.1 Å². The summed E-state index contributed by atoms with van der Waals surface area (Å²) in [6.45, 7) is 6.18. The molecule has 3 unspecified atom stereocenters. The van der Waals surface area contributed by atoms with Gasteiger partial charge in [0.1, 0.15) is 24.2 Å². The molecule has 10 nitrogen and oxygen atoms in total. The Hall–Kier alpha value is -5.36. The van der Waals surface area contributed by atoms with Crippen LogP contribution in [0.25, 0.3) is 11.1 Å². The van der Waals surface area contributed by atoms with Crippen LogP contribution >= 0.6 is 11.6 Å². The predicted molar refractivity (Wildman–Crippen MR) is 229 cm³/mol. The number of carbonyl (C=O) groups is 4. The Morgan fingerprint density at radius 1 is 0.767 bits per heavy atom. The zero-order valence-corrected chi connectivity index (χ0v) is 34.3. The van der Waals surface area contributed by atoms with Gasteiger partial charge in [0.25, 0.3) is 11.8 Å². The number of piperazine rings is 1. The Morgan fingerprint density at radius 2 is 1.40 bits per heavy atom. The topological polar surface area (TPSA) is 102 Å². The van der Waals surface area contributed by atoms with Gasteiger partial charge in [0, 0.05) is 50.6 Å². The van der Waals surface area contributed by atoms with Crippen LogP contribution in [0.5, 0.6) is 5.75 Å². The summed E-state index contributed by atoms with van der Waals surface area (Å²) in [5.74, 6) is -1.00. The van der Waals surface area contributed by atoms with Crippen LogP contribution in [-0.2, 0) is 9.59 Å². The van der Waals surface area contributed by atoms with Crippen LogP contribution in [0.15, 0.2) is 97.1 Å². The molecule has 5 fully saturated rings. The number of benzene rings is 4. The smallest absolute Gasteiger partial charge is 0.262 e. The highest BCUT2D eigenvalue weighted by Gasteiger charge is 2.49. The second-order valence-corrected chi connectivity index (χ2v) is 17.0. The summed E-state index contributed by atoms with van der Waals surface area (Å²) >= 11 is 6.34. The van der Waals surface area contributed by atoms with Crippen molar-refractivity contribution in [2.45, 2.75) is 56.7 Å². The van der Waals surface area contributed by atoms with E-state index in [1.807, 2.05) is 12.1 Å². The van der Waals surface area contributed by atoms with Crippen LogP contribution in [0.4, 0.5) is 10.1 Å². The number of nitrogens with zero attached hydrogens (tertiary/aromatic N) is 4. The minimum absolute atomic E-state index is 0.0318. The highest BCUT2D eigenvalue weighted by atomic mass is 35.5. The monoisotopic (exact) mass is 829 g/mol. The van der Waals surface area contributed by atoms with Crippen molar-refractivity contribution in [3.8, 4) is 5.75 Å². The minimum atomic E-state index is -1.08. The Morgan fingerprint density at radius 3 is 2.05 bits per heavy atom. The molecular formula is C48H49ClFN5O5. The quantitative estimate of drug-likeness (QED) is 0.0886. The standard InChI is InChI=1S/C48H49ClFN5O5/c49-20-17-38(32-7-3-1-4-8-32)45(33-9-5-2-6-10-33)34-11-13-37(14-12-34)60-24-23-52-21-18-31(19-22-52)28-53-29-35-25-36(30-53)54(35)43-27-40-39(26-41(43)50)47(58)55(48(40)59)42-15-16-44(56)51-46(42)57/h1-14,26-27,31,35-36,42H,15-25,28-30H2,(H,51,56,57). The lowest BCUT2D eigenvalue weighted by molar-refractivity contribution is -0.136. The number of nitrogens with one attached hydrogen (secondary N) is 1. The highest BCUT2D eigenvalue weighted by molar-refractivity contribution is 6.24. The Labute approximate surface area is 354 Å². The zero-order chi connectivity index (χ0) is 41.3. The van der Waals surface area contributed by atoms with E-state index < -0.39 is 35.5 Å². The van der Waals surface area contributed by atoms with Gasteiger partial charge in [0.05, 0.1) is 16.8 Å². The number of anilines is 1. The van der Waals surface area contributed by atoms with Gasteiger partial charge >= 0.3 is 0 Å². The van der Waals surface area contributed by atoms with Crippen molar-refractivity contribution in [2.75, 3.05) is 56.7 Å². The van der Waals surface area contributed by atoms with E-state index in [9.17, 15) is 19.2 Å². The summed E-state index contributed by atoms with van der Waals surface area (Å²) < 4.78 is 21.9. The molecule has 60 heavy (non-hydrogen) atoms. The van der Waals surface area contributed by atoms with Gasteiger partial charge < -0.3 is 9.64 Å². The first-order chi connectivity index (χ1) is 29.2. The number of allylic oxidation sites excluding steroid dienone is 1. The molecule has 3 atom stereocenters. The van der Waals surface area contributed by atoms with E-state index in [1.165, 1.54) is 22.8 Å². The Kier molecular flexibility index (Phi) is 11.6. The normalized spacial score (nSPS) is 22.7. The number of fused-ring (bicyclic) bond motifs is 3. The molecule has 0 aliphatic carbocycles. The molecule has 2 bridgehead atoms. The van der Waals surface area contributed by atoms with Crippen molar-refractivity contribution in [3.63, 3.8) is 0 Å². The molecule has 4 amide bonds. The molecule has 4 aromatic rings.